The predicted molar refractivity (Wildman–Crippen MR) is 123 cm³/mol. The van der Waals surface area contributed by atoms with Gasteiger partial charge in [0.25, 0.3) is 0 Å². The van der Waals surface area contributed by atoms with Crippen molar-refractivity contribution in [1.29, 1.82) is 0 Å². The Morgan fingerprint density at radius 3 is 2.81 bits per heavy atom. The quantitative estimate of drug-likeness (QED) is 0.390. The maximum atomic E-state index is 13.5. The number of halogens is 1. The number of carbonyl (C=O) groups excluding carboxylic acids is 1. The number of fused-ring (bicyclic) bond motifs is 1. The van der Waals surface area contributed by atoms with Gasteiger partial charge in [0.1, 0.15) is 28.2 Å². The summed E-state index contributed by atoms with van der Waals surface area (Å²) in [6.07, 6.45) is 1.23. The van der Waals surface area contributed by atoms with Crippen LogP contribution >= 0.6 is 11.3 Å². The van der Waals surface area contributed by atoms with Crippen LogP contribution in [0.15, 0.2) is 42.7 Å². The fraction of sp³-hybridized carbons (Fsp3) is 0.261. The zero-order valence-corrected chi connectivity index (χ0v) is 19.0. The minimum Gasteiger partial charge on any atom is -0.496 e. The minimum atomic E-state index is -0.581. The van der Waals surface area contributed by atoms with Crippen LogP contribution in [-0.2, 0) is 11.3 Å². The van der Waals surface area contributed by atoms with Gasteiger partial charge in [-0.3, -0.25) is 5.32 Å². The van der Waals surface area contributed by atoms with Crippen LogP contribution in [0.1, 0.15) is 31.1 Å². The van der Waals surface area contributed by atoms with E-state index in [1.54, 1.807) is 13.0 Å². The van der Waals surface area contributed by atoms with Crippen LogP contribution in [0.25, 0.3) is 21.6 Å². The summed E-state index contributed by atoms with van der Waals surface area (Å²) in [6, 6.07) is 10.4. The van der Waals surface area contributed by atoms with E-state index in [0.29, 0.717) is 33.1 Å². The molecule has 0 aliphatic heterocycles. The number of hydrogen-bond donors (Lipinski definition) is 1. The highest BCUT2D eigenvalue weighted by Crippen LogP contribution is 2.37. The Labute approximate surface area is 188 Å². The standard InChI is InChI=1S/C23H23FN4O3S/c1-13(2)28-12-25-18-9-15(5-8-19(18)28)11-31-23(29)27-21-14(3)26-22(32-21)17-7-6-16(24)10-20(17)30-4/h5-10,12-13H,11H2,1-4H3,(H,27,29). The highest BCUT2D eigenvalue weighted by Gasteiger charge is 2.16. The molecule has 0 saturated heterocycles. The number of ether oxygens (including phenoxy) is 2. The number of methoxy groups -OCH3 is 1. The molecule has 7 nitrogen and oxygen atoms in total. The Bertz CT molecular complexity index is 1280. The first-order valence-corrected chi connectivity index (χ1v) is 10.9. The highest BCUT2D eigenvalue weighted by molar-refractivity contribution is 7.19. The van der Waals surface area contributed by atoms with Crippen molar-refractivity contribution in [3.8, 4) is 16.3 Å². The fourth-order valence-electron chi connectivity index (χ4n) is 3.33. The second kappa shape index (κ2) is 8.96. The van der Waals surface area contributed by atoms with E-state index in [9.17, 15) is 9.18 Å². The number of thiazole rings is 1. The average molecular weight is 455 g/mol. The molecule has 4 aromatic rings. The summed E-state index contributed by atoms with van der Waals surface area (Å²) in [6.45, 7) is 6.10. The van der Waals surface area contributed by atoms with Crippen molar-refractivity contribution in [2.24, 2.45) is 0 Å². The Morgan fingerprint density at radius 1 is 1.25 bits per heavy atom. The topological polar surface area (TPSA) is 78.3 Å². The van der Waals surface area contributed by atoms with E-state index in [0.717, 1.165) is 16.6 Å². The Hall–Kier alpha value is -3.46. The Kier molecular flexibility index (Phi) is 6.09. The second-order valence-corrected chi connectivity index (χ2v) is 8.55. The molecule has 2 aromatic carbocycles. The van der Waals surface area contributed by atoms with E-state index in [1.807, 2.05) is 24.5 Å². The lowest BCUT2D eigenvalue weighted by Gasteiger charge is -2.09. The van der Waals surface area contributed by atoms with E-state index in [-0.39, 0.29) is 6.61 Å². The fourth-order valence-corrected chi connectivity index (χ4v) is 4.31. The summed E-state index contributed by atoms with van der Waals surface area (Å²) in [5, 5.41) is 3.91. The summed E-state index contributed by atoms with van der Waals surface area (Å²) in [4.78, 5) is 21.3. The molecule has 0 aliphatic carbocycles. The SMILES string of the molecule is COc1cc(F)ccc1-c1nc(C)c(NC(=O)OCc2ccc3c(c2)ncn3C(C)C)s1. The van der Waals surface area contributed by atoms with Gasteiger partial charge < -0.3 is 14.0 Å². The smallest absolute Gasteiger partial charge is 0.412 e. The molecule has 4 rings (SSSR count). The number of hydrogen-bond acceptors (Lipinski definition) is 6. The molecule has 2 aromatic heterocycles. The monoisotopic (exact) mass is 454 g/mol. The number of imidazole rings is 1. The molecule has 0 radical (unpaired) electrons. The van der Waals surface area contributed by atoms with Gasteiger partial charge in [0.05, 0.1) is 35.7 Å². The molecule has 0 atom stereocenters. The number of amides is 1. The van der Waals surface area contributed by atoms with Crippen LogP contribution in [0.4, 0.5) is 14.2 Å². The summed E-state index contributed by atoms with van der Waals surface area (Å²) >= 11 is 1.27. The number of benzene rings is 2. The molecular formula is C23H23FN4O3S. The number of aromatic nitrogens is 3. The lowest BCUT2D eigenvalue weighted by Crippen LogP contribution is -2.13. The van der Waals surface area contributed by atoms with Crippen molar-refractivity contribution in [2.45, 2.75) is 33.4 Å². The van der Waals surface area contributed by atoms with Gasteiger partial charge in [-0.1, -0.05) is 17.4 Å². The zero-order chi connectivity index (χ0) is 22.8. The third-order valence-corrected chi connectivity index (χ3v) is 6.08. The van der Waals surface area contributed by atoms with Gasteiger partial charge in [-0.05, 0) is 50.6 Å². The van der Waals surface area contributed by atoms with Crippen LogP contribution in [0, 0.1) is 12.7 Å². The lowest BCUT2D eigenvalue weighted by molar-refractivity contribution is 0.155. The number of rotatable bonds is 6. The lowest BCUT2D eigenvalue weighted by atomic mass is 10.2. The molecule has 9 heteroatoms. The van der Waals surface area contributed by atoms with Crippen LogP contribution in [0.2, 0.25) is 0 Å². The number of nitrogens with one attached hydrogen (secondary N) is 1. The first-order valence-electron chi connectivity index (χ1n) is 10.1. The van der Waals surface area contributed by atoms with Crippen LogP contribution < -0.4 is 10.1 Å². The maximum Gasteiger partial charge on any atom is 0.412 e. The molecule has 0 fully saturated rings. The normalized spacial score (nSPS) is 11.2. The van der Waals surface area contributed by atoms with Crippen molar-refractivity contribution in [3.05, 3.63) is 59.8 Å². The van der Waals surface area contributed by atoms with E-state index >= 15 is 0 Å². The molecule has 0 saturated carbocycles. The number of nitrogens with zero attached hydrogens (tertiary/aromatic N) is 3. The molecule has 0 unspecified atom stereocenters. The minimum absolute atomic E-state index is 0.118. The van der Waals surface area contributed by atoms with Crippen LogP contribution in [-0.4, -0.2) is 27.7 Å². The highest BCUT2D eigenvalue weighted by atomic mass is 32.1. The van der Waals surface area contributed by atoms with Gasteiger partial charge >= 0.3 is 6.09 Å². The van der Waals surface area contributed by atoms with Gasteiger partial charge in [-0.25, -0.2) is 19.2 Å². The maximum absolute atomic E-state index is 13.5. The van der Waals surface area contributed by atoms with Crippen molar-refractivity contribution in [2.75, 3.05) is 12.4 Å². The first-order chi connectivity index (χ1) is 15.4. The van der Waals surface area contributed by atoms with Crippen molar-refractivity contribution >= 4 is 33.5 Å². The second-order valence-electron chi connectivity index (χ2n) is 7.55. The molecule has 32 heavy (non-hydrogen) atoms. The van der Waals surface area contributed by atoms with Gasteiger partial charge in [0.15, 0.2) is 0 Å². The molecule has 1 N–H and O–H groups in total. The number of anilines is 1. The van der Waals surface area contributed by atoms with Crippen LogP contribution in [0.3, 0.4) is 0 Å². The van der Waals surface area contributed by atoms with Gasteiger partial charge in [0, 0.05) is 12.1 Å². The summed E-state index contributed by atoms with van der Waals surface area (Å²) in [7, 11) is 1.47. The third kappa shape index (κ3) is 4.43. The van der Waals surface area contributed by atoms with Crippen molar-refractivity contribution in [1.82, 2.24) is 14.5 Å². The molecule has 1 amide bonds. The zero-order valence-electron chi connectivity index (χ0n) is 18.2. The first kappa shape index (κ1) is 21.8. The summed E-state index contributed by atoms with van der Waals surface area (Å²) in [5.41, 5.74) is 4.03. The largest absolute Gasteiger partial charge is 0.496 e. The Balaban J connectivity index is 1.43. The average Bonchev–Trinajstić information content (AvgIpc) is 3.35. The van der Waals surface area contributed by atoms with Gasteiger partial charge in [-0.2, -0.15) is 0 Å². The summed E-state index contributed by atoms with van der Waals surface area (Å²) in [5.74, 6) is -0.0156. The van der Waals surface area contributed by atoms with Crippen LogP contribution in [0.5, 0.6) is 5.75 Å². The van der Waals surface area contributed by atoms with E-state index in [4.69, 9.17) is 9.47 Å². The van der Waals surface area contributed by atoms with E-state index < -0.39 is 11.9 Å². The van der Waals surface area contributed by atoms with Crippen molar-refractivity contribution in [3.63, 3.8) is 0 Å². The van der Waals surface area contributed by atoms with E-state index in [1.165, 1.54) is 30.6 Å². The van der Waals surface area contributed by atoms with Gasteiger partial charge in [0.2, 0.25) is 0 Å². The van der Waals surface area contributed by atoms with Gasteiger partial charge in [-0.15, -0.1) is 0 Å². The number of carbonyl (C=O) groups is 1. The predicted octanol–water partition coefficient (Wildman–Crippen LogP) is 5.95. The molecule has 2 heterocycles. The Morgan fingerprint density at radius 2 is 2.06 bits per heavy atom. The molecular weight excluding hydrogens is 431 g/mol. The van der Waals surface area contributed by atoms with Crippen molar-refractivity contribution < 1.29 is 18.7 Å². The summed E-state index contributed by atoms with van der Waals surface area (Å²) < 4.78 is 26.2. The molecule has 0 bridgehead atoms. The molecule has 0 aliphatic rings. The third-order valence-electron chi connectivity index (χ3n) is 4.97. The molecule has 166 valence electrons. The van der Waals surface area contributed by atoms with E-state index in [2.05, 4.69) is 33.7 Å². The molecule has 0 spiro atoms. The number of aryl methyl sites for hydroxylation is 1.